The number of thiazole rings is 1. The summed E-state index contributed by atoms with van der Waals surface area (Å²) < 4.78 is 6.51. The summed E-state index contributed by atoms with van der Waals surface area (Å²) in [7, 11) is 3.22. The van der Waals surface area contributed by atoms with Crippen molar-refractivity contribution in [2.75, 3.05) is 18.2 Å². The van der Waals surface area contributed by atoms with Gasteiger partial charge in [0.05, 0.1) is 36.0 Å². The molecule has 0 atom stereocenters. The Morgan fingerprint density at radius 2 is 2.19 bits per heavy atom. The van der Waals surface area contributed by atoms with Crippen molar-refractivity contribution in [2.45, 2.75) is 11.6 Å². The highest BCUT2D eigenvalue weighted by molar-refractivity contribution is 7.99. The number of nitrogens with zero attached hydrogens (tertiary/aromatic N) is 3. The van der Waals surface area contributed by atoms with Gasteiger partial charge < -0.3 is 14.6 Å². The molecule has 0 radical (unpaired) electrons. The van der Waals surface area contributed by atoms with Gasteiger partial charge in [0.25, 0.3) is 0 Å². The van der Waals surface area contributed by atoms with Crippen LogP contribution < -0.4 is 5.32 Å². The summed E-state index contributed by atoms with van der Waals surface area (Å²) in [5, 5.41) is 6.24. The Morgan fingerprint density at radius 1 is 1.38 bits per heavy atom. The number of fused-ring (bicyclic) bond motifs is 1. The van der Waals surface area contributed by atoms with Crippen molar-refractivity contribution in [3.05, 3.63) is 34.3 Å². The molecule has 136 valence electrons. The maximum absolute atomic E-state index is 12.1. The number of aromatic nitrogens is 3. The number of benzene rings is 1. The number of methoxy groups -OCH3 is 1. The number of rotatable bonds is 6. The number of amides is 1. The number of halogens is 1. The number of imidazole rings is 1. The van der Waals surface area contributed by atoms with Crippen LogP contribution in [-0.2, 0) is 27.8 Å². The monoisotopic (exact) mass is 410 g/mol. The van der Waals surface area contributed by atoms with E-state index in [1.165, 1.54) is 30.2 Å². The van der Waals surface area contributed by atoms with Crippen LogP contribution in [0.25, 0.3) is 11.0 Å². The molecule has 1 aromatic carbocycles. The summed E-state index contributed by atoms with van der Waals surface area (Å²) in [5.74, 6) is -0.374. The van der Waals surface area contributed by atoms with Crippen molar-refractivity contribution in [3.63, 3.8) is 0 Å². The average Bonchev–Trinajstić information content (AvgIpc) is 3.17. The second-order valence-corrected chi connectivity index (χ2v) is 7.56. The van der Waals surface area contributed by atoms with Crippen LogP contribution in [-0.4, -0.2) is 39.3 Å². The lowest BCUT2D eigenvalue weighted by atomic mass is 10.3. The second kappa shape index (κ2) is 8.07. The minimum Gasteiger partial charge on any atom is -0.469 e. The van der Waals surface area contributed by atoms with Gasteiger partial charge in [-0.15, -0.1) is 11.3 Å². The third kappa shape index (κ3) is 4.35. The van der Waals surface area contributed by atoms with E-state index in [2.05, 4.69) is 20.0 Å². The van der Waals surface area contributed by atoms with Crippen LogP contribution in [0.1, 0.15) is 5.69 Å². The van der Waals surface area contributed by atoms with Crippen molar-refractivity contribution >= 4 is 62.7 Å². The van der Waals surface area contributed by atoms with Crippen LogP contribution in [0, 0.1) is 0 Å². The van der Waals surface area contributed by atoms with E-state index in [1.54, 1.807) is 17.5 Å². The zero-order valence-corrected chi connectivity index (χ0v) is 16.4. The van der Waals surface area contributed by atoms with Gasteiger partial charge in [0.2, 0.25) is 5.91 Å². The van der Waals surface area contributed by atoms with Crippen molar-refractivity contribution < 1.29 is 14.3 Å². The van der Waals surface area contributed by atoms with E-state index in [-0.39, 0.29) is 24.1 Å². The highest BCUT2D eigenvalue weighted by Gasteiger charge is 2.13. The number of esters is 1. The molecule has 0 spiro atoms. The minimum absolute atomic E-state index is 0.0834. The molecule has 10 heteroatoms. The lowest BCUT2D eigenvalue weighted by molar-refractivity contribution is -0.139. The molecule has 26 heavy (non-hydrogen) atoms. The quantitative estimate of drug-likeness (QED) is 0.496. The van der Waals surface area contributed by atoms with Crippen molar-refractivity contribution in [1.82, 2.24) is 14.5 Å². The molecule has 2 aromatic heterocycles. The lowest BCUT2D eigenvalue weighted by Crippen LogP contribution is -2.14. The minimum atomic E-state index is -0.370. The zero-order valence-electron chi connectivity index (χ0n) is 14.0. The number of carbonyl (C=O) groups is 2. The summed E-state index contributed by atoms with van der Waals surface area (Å²) in [6.45, 7) is 0. The SMILES string of the molecule is COC(=O)Cc1csc(NC(=O)CSc2nc3cc(Cl)ccc3n2C)n1. The maximum atomic E-state index is 12.1. The van der Waals surface area contributed by atoms with Crippen LogP contribution in [0.3, 0.4) is 0 Å². The van der Waals surface area contributed by atoms with Gasteiger partial charge in [0.15, 0.2) is 10.3 Å². The number of hydrogen-bond donors (Lipinski definition) is 1. The van der Waals surface area contributed by atoms with Gasteiger partial charge in [0.1, 0.15) is 0 Å². The number of ether oxygens (including phenoxy) is 1. The lowest BCUT2D eigenvalue weighted by Gasteiger charge is -2.02. The van der Waals surface area contributed by atoms with Crippen LogP contribution in [0.4, 0.5) is 5.13 Å². The summed E-state index contributed by atoms with van der Waals surface area (Å²) >= 11 is 8.58. The first-order valence-electron chi connectivity index (χ1n) is 7.52. The first kappa shape index (κ1) is 18.7. The highest BCUT2D eigenvalue weighted by atomic mass is 35.5. The molecule has 0 fully saturated rings. The Bertz CT molecular complexity index is 970. The molecule has 2 heterocycles. The predicted octanol–water partition coefficient (Wildman–Crippen LogP) is 3.13. The zero-order chi connectivity index (χ0) is 18.7. The Labute approximate surface area is 162 Å². The highest BCUT2D eigenvalue weighted by Crippen LogP contribution is 2.25. The Morgan fingerprint density at radius 3 is 2.96 bits per heavy atom. The van der Waals surface area contributed by atoms with Gasteiger partial charge in [-0.2, -0.15) is 0 Å². The molecule has 0 saturated carbocycles. The summed E-state index contributed by atoms with van der Waals surface area (Å²) in [6, 6.07) is 5.49. The number of hydrogen-bond acceptors (Lipinski definition) is 7. The van der Waals surface area contributed by atoms with Gasteiger partial charge in [-0.05, 0) is 18.2 Å². The molecule has 0 unspecified atom stereocenters. The Balaban J connectivity index is 1.59. The molecular weight excluding hydrogens is 396 g/mol. The van der Waals surface area contributed by atoms with Crippen molar-refractivity contribution in [3.8, 4) is 0 Å². The normalized spacial score (nSPS) is 10.9. The molecule has 3 rings (SSSR count). The van der Waals surface area contributed by atoms with E-state index < -0.39 is 0 Å². The largest absolute Gasteiger partial charge is 0.469 e. The molecule has 7 nitrogen and oxygen atoms in total. The number of thioether (sulfide) groups is 1. The van der Waals surface area contributed by atoms with E-state index in [4.69, 9.17) is 11.6 Å². The molecular formula is C16H15ClN4O3S2. The summed E-state index contributed by atoms with van der Waals surface area (Å²) in [6.07, 6.45) is 0.0834. The van der Waals surface area contributed by atoms with E-state index in [9.17, 15) is 9.59 Å². The van der Waals surface area contributed by atoms with Gasteiger partial charge in [-0.3, -0.25) is 9.59 Å². The standard InChI is InChI=1S/C16H15ClN4O3S2/c1-21-12-4-3-9(17)5-11(12)19-16(21)26-8-13(22)20-15-18-10(7-25-15)6-14(23)24-2/h3-5,7H,6,8H2,1-2H3,(H,18,20,22). The molecule has 0 bridgehead atoms. The molecule has 0 aliphatic carbocycles. The third-order valence-corrected chi connectivity index (χ3v) is 5.56. The van der Waals surface area contributed by atoms with E-state index in [0.717, 1.165) is 16.2 Å². The van der Waals surface area contributed by atoms with Crippen molar-refractivity contribution in [2.24, 2.45) is 7.05 Å². The van der Waals surface area contributed by atoms with Crippen molar-refractivity contribution in [1.29, 1.82) is 0 Å². The van der Waals surface area contributed by atoms with Crippen LogP contribution in [0.5, 0.6) is 0 Å². The maximum Gasteiger partial charge on any atom is 0.311 e. The smallest absolute Gasteiger partial charge is 0.311 e. The Kier molecular flexibility index (Phi) is 5.80. The average molecular weight is 411 g/mol. The van der Waals surface area contributed by atoms with E-state index >= 15 is 0 Å². The third-order valence-electron chi connectivity index (χ3n) is 3.49. The van der Waals surface area contributed by atoms with Crippen LogP contribution in [0.15, 0.2) is 28.7 Å². The molecule has 0 saturated heterocycles. The number of aryl methyl sites for hydroxylation is 1. The van der Waals surface area contributed by atoms with Gasteiger partial charge in [-0.1, -0.05) is 23.4 Å². The summed E-state index contributed by atoms with van der Waals surface area (Å²) in [4.78, 5) is 32.1. The topological polar surface area (TPSA) is 86.1 Å². The van der Waals surface area contributed by atoms with Gasteiger partial charge in [-0.25, -0.2) is 9.97 Å². The molecule has 1 amide bonds. The molecule has 0 aliphatic rings. The number of anilines is 1. The fourth-order valence-electron chi connectivity index (χ4n) is 2.23. The molecule has 3 aromatic rings. The van der Waals surface area contributed by atoms with E-state index in [1.807, 2.05) is 17.7 Å². The van der Waals surface area contributed by atoms with Gasteiger partial charge >= 0.3 is 5.97 Å². The van der Waals surface area contributed by atoms with Crippen LogP contribution in [0.2, 0.25) is 5.02 Å². The van der Waals surface area contributed by atoms with Crippen LogP contribution >= 0.6 is 34.7 Å². The Hall–Kier alpha value is -2.10. The first-order chi connectivity index (χ1) is 12.5. The molecule has 1 N–H and O–H groups in total. The fourth-order valence-corrected chi connectivity index (χ4v) is 3.91. The summed E-state index contributed by atoms with van der Waals surface area (Å²) in [5.41, 5.74) is 2.30. The number of nitrogens with one attached hydrogen (secondary N) is 1. The number of carbonyl (C=O) groups excluding carboxylic acids is 2. The fraction of sp³-hybridized carbons (Fsp3) is 0.250. The van der Waals surface area contributed by atoms with E-state index in [0.29, 0.717) is 15.8 Å². The molecule has 0 aliphatic heterocycles. The first-order valence-corrected chi connectivity index (χ1v) is 9.76. The predicted molar refractivity (Wildman–Crippen MR) is 103 cm³/mol. The second-order valence-electron chi connectivity index (χ2n) is 5.32. The van der Waals surface area contributed by atoms with Gasteiger partial charge in [0, 0.05) is 17.5 Å².